The summed E-state index contributed by atoms with van der Waals surface area (Å²) in [5, 5.41) is 8.50. The zero-order chi connectivity index (χ0) is 17.0. The van der Waals surface area contributed by atoms with Crippen LogP contribution in [0.1, 0.15) is 5.56 Å². The molecule has 0 amide bonds. The predicted molar refractivity (Wildman–Crippen MR) is 75.2 cm³/mol. The van der Waals surface area contributed by atoms with Crippen molar-refractivity contribution in [3.63, 3.8) is 0 Å². The molecular formula is C16H10F4O3. The highest BCUT2D eigenvalue weighted by molar-refractivity contribution is 5.85. The molecule has 0 aromatic heterocycles. The molecule has 23 heavy (non-hydrogen) atoms. The molecule has 7 heteroatoms. The van der Waals surface area contributed by atoms with E-state index < -0.39 is 18.1 Å². The van der Waals surface area contributed by atoms with Crippen LogP contribution < -0.4 is 4.74 Å². The molecule has 0 spiro atoms. The lowest BCUT2D eigenvalue weighted by molar-refractivity contribution is -0.274. The Kier molecular flexibility index (Phi) is 4.68. The molecule has 0 aliphatic heterocycles. The van der Waals surface area contributed by atoms with Crippen molar-refractivity contribution in [1.82, 2.24) is 0 Å². The van der Waals surface area contributed by atoms with Crippen LogP contribution >= 0.6 is 0 Å². The minimum atomic E-state index is -4.77. The number of aliphatic carboxylic acids is 1. The lowest BCUT2D eigenvalue weighted by atomic mass is 10.0. The molecule has 2 rings (SSSR count). The van der Waals surface area contributed by atoms with E-state index in [-0.39, 0.29) is 11.3 Å². The van der Waals surface area contributed by atoms with Crippen LogP contribution in [0.5, 0.6) is 5.75 Å². The molecule has 0 unspecified atom stereocenters. The second-order valence-corrected chi connectivity index (χ2v) is 4.48. The molecule has 2 aromatic carbocycles. The number of carbonyl (C=O) groups is 1. The molecule has 1 N–H and O–H groups in total. The van der Waals surface area contributed by atoms with Gasteiger partial charge in [0.05, 0.1) is 0 Å². The number of hydrogen-bond acceptors (Lipinski definition) is 2. The van der Waals surface area contributed by atoms with Gasteiger partial charge in [-0.2, -0.15) is 0 Å². The van der Waals surface area contributed by atoms with Crippen LogP contribution in [0.3, 0.4) is 0 Å². The zero-order valence-corrected chi connectivity index (χ0v) is 11.5. The summed E-state index contributed by atoms with van der Waals surface area (Å²) in [5.41, 5.74) is 1.02. The number of halogens is 4. The summed E-state index contributed by atoms with van der Waals surface area (Å²) in [6.45, 7) is 0. The maximum Gasteiger partial charge on any atom is 0.573 e. The van der Waals surface area contributed by atoms with E-state index in [4.69, 9.17) is 5.11 Å². The summed E-state index contributed by atoms with van der Waals surface area (Å²) in [6, 6.07) is 9.05. The number of carboxylic acids is 1. The standard InChI is InChI=1S/C16H10F4O3/c17-14-9-12(2-1-11(14)5-8-15(21)22)10-3-6-13(7-4-10)23-16(18,19)20/h1-9H,(H,21,22)/b8-5+. The molecule has 3 nitrogen and oxygen atoms in total. The number of ether oxygens (including phenoxy) is 1. The molecular weight excluding hydrogens is 316 g/mol. The summed E-state index contributed by atoms with van der Waals surface area (Å²) in [7, 11) is 0. The Balaban J connectivity index is 2.22. The normalized spacial score (nSPS) is 11.7. The Morgan fingerprint density at radius 3 is 2.17 bits per heavy atom. The third-order valence-electron chi connectivity index (χ3n) is 2.83. The molecule has 0 bridgehead atoms. The van der Waals surface area contributed by atoms with Crippen molar-refractivity contribution in [3.8, 4) is 16.9 Å². The van der Waals surface area contributed by atoms with E-state index in [1.165, 1.54) is 30.3 Å². The van der Waals surface area contributed by atoms with Gasteiger partial charge in [0.1, 0.15) is 11.6 Å². The fourth-order valence-electron chi connectivity index (χ4n) is 1.85. The first-order valence-electron chi connectivity index (χ1n) is 6.31. The fourth-order valence-corrected chi connectivity index (χ4v) is 1.85. The van der Waals surface area contributed by atoms with Crippen LogP contribution in [0, 0.1) is 5.82 Å². The highest BCUT2D eigenvalue weighted by atomic mass is 19.4. The van der Waals surface area contributed by atoms with E-state index in [0.29, 0.717) is 11.1 Å². The molecule has 0 radical (unpaired) electrons. The summed E-state index contributed by atoms with van der Waals surface area (Å²) in [5.74, 6) is -2.22. The van der Waals surface area contributed by atoms with Gasteiger partial charge in [0, 0.05) is 11.6 Å². The van der Waals surface area contributed by atoms with Gasteiger partial charge >= 0.3 is 12.3 Å². The average molecular weight is 326 g/mol. The first-order chi connectivity index (χ1) is 10.7. The summed E-state index contributed by atoms with van der Waals surface area (Å²) < 4.78 is 53.8. The molecule has 0 saturated carbocycles. The smallest absolute Gasteiger partial charge is 0.478 e. The predicted octanol–water partition coefficient (Wildman–Crippen LogP) is 4.49. The van der Waals surface area contributed by atoms with Crippen molar-refractivity contribution in [2.45, 2.75) is 6.36 Å². The van der Waals surface area contributed by atoms with Crippen molar-refractivity contribution >= 4 is 12.0 Å². The van der Waals surface area contributed by atoms with Gasteiger partial charge in [0.25, 0.3) is 0 Å². The van der Waals surface area contributed by atoms with Gasteiger partial charge in [-0.3, -0.25) is 0 Å². The second-order valence-electron chi connectivity index (χ2n) is 4.48. The van der Waals surface area contributed by atoms with Gasteiger partial charge in [0.15, 0.2) is 0 Å². The molecule has 2 aromatic rings. The van der Waals surface area contributed by atoms with E-state index in [0.717, 1.165) is 24.3 Å². The Bertz CT molecular complexity index is 734. The Hall–Kier alpha value is -2.83. The minimum absolute atomic E-state index is 0.0909. The SMILES string of the molecule is O=C(O)/C=C/c1ccc(-c2ccc(OC(F)(F)F)cc2)cc1F. The minimum Gasteiger partial charge on any atom is -0.478 e. The monoisotopic (exact) mass is 326 g/mol. The molecule has 0 aliphatic carbocycles. The number of benzene rings is 2. The van der Waals surface area contributed by atoms with Gasteiger partial charge in [-0.05, 0) is 35.4 Å². The second kappa shape index (κ2) is 6.51. The van der Waals surface area contributed by atoms with Gasteiger partial charge in [-0.25, -0.2) is 9.18 Å². The van der Waals surface area contributed by atoms with Gasteiger partial charge in [0.2, 0.25) is 0 Å². The first kappa shape index (κ1) is 16.5. The highest BCUT2D eigenvalue weighted by Crippen LogP contribution is 2.27. The van der Waals surface area contributed by atoms with Crippen LogP contribution in [-0.2, 0) is 4.79 Å². The lowest BCUT2D eigenvalue weighted by Crippen LogP contribution is -2.16. The van der Waals surface area contributed by atoms with E-state index in [1.54, 1.807) is 0 Å². The Morgan fingerprint density at radius 1 is 1.04 bits per heavy atom. The van der Waals surface area contributed by atoms with E-state index in [2.05, 4.69) is 4.74 Å². The maximum absolute atomic E-state index is 13.9. The third kappa shape index (κ3) is 4.84. The topological polar surface area (TPSA) is 46.5 Å². The molecule has 0 fully saturated rings. The number of rotatable bonds is 4. The molecule has 120 valence electrons. The summed E-state index contributed by atoms with van der Waals surface area (Å²) >= 11 is 0. The number of carboxylic acid groups (broad SMARTS) is 1. The van der Waals surface area contributed by atoms with Crippen LogP contribution in [0.2, 0.25) is 0 Å². The van der Waals surface area contributed by atoms with E-state index in [9.17, 15) is 22.4 Å². The van der Waals surface area contributed by atoms with Gasteiger partial charge < -0.3 is 9.84 Å². The summed E-state index contributed by atoms with van der Waals surface area (Å²) in [6.07, 6.45) is -2.85. The number of alkyl halides is 3. The van der Waals surface area contributed by atoms with E-state index in [1.807, 2.05) is 0 Å². The molecule has 0 aliphatic rings. The quantitative estimate of drug-likeness (QED) is 0.665. The van der Waals surface area contributed by atoms with Crippen LogP contribution in [0.25, 0.3) is 17.2 Å². The van der Waals surface area contributed by atoms with Crippen LogP contribution in [0.4, 0.5) is 17.6 Å². The maximum atomic E-state index is 13.9. The van der Waals surface area contributed by atoms with Crippen molar-refractivity contribution < 1.29 is 32.2 Å². The van der Waals surface area contributed by atoms with Crippen molar-refractivity contribution in [1.29, 1.82) is 0 Å². The van der Waals surface area contributed by atoms with Crippen molar-refractivity contribution in [3.05, 3.63) is 59.9 Å². The van der Waals surface area contributed by atoms with Gasteiger partial charge in [-0.1, -0.05) is 24.3 Å². The van der Waals surface area contributed by atoms with Crippen molar-refractivity contribution in [2.24, 2.45) is 0 Å². The zero-order valence-electron chi connectivity index (χ0n) is 11.5. The van der Waals surface area contributed by atoms with Crippen molar-refractivity contribution in [2.75, 3.05) is 0 Å². The van der Waals surface area contributed by atoms with Gasteiger partial charge in [-0.15, -0.1) is 13.2 Å². The Labute approximate surface area is 128 Å². The molecule has 0 atom stereocenters. The fraction of sp³-hybridized carbons (Fsp3) is 0.0625. The summed E-state index contributed by atoms with van der Waals surface area (Å²) in [4.78, 5) is 10.4. The number of hydrogen-bond donors (Lipinski definition) is 1. The molecule has 0 heterocycles. The van der Waals surface area contributed by atoms with Crippen LogP contribution in [-0.4, -0.2) is 17.4 Å². The van der Waals surface area contributed by atoms with Crippen LogP contribution in [0.15, 0.2) is 48.5 Å². The molecule has 0 saturated heterocycles. The first-order valence-corrected chi connectivity index (χ1v) is 6.31. The Morgan fingerprint density at radius 2 is 1.65 bits per heavy atom. The van der Waals surface area contributed by atoms with E-state index >= 15 is 0 Å². The lowest BCUT2D eigenvalue weighted by Gasteiger charge is -2.09. The average Bonchev–Trinajstić information content (AvgIpc) is 2.45. The highest BCUT2D eigenvalue weighted by Gasteiger charge is 2.30. The largest absolute Gasteiger partial charge is 0.573 e. The third-order valence-corrected chi connectivity index (χ3v) is 2.83.